The number of allylic oxidation sites excluding steroid dienone is 2. The fourth-order valence-electron chi connectivity index (χ4n) is 4.81. The maximum atomic E-state index is 12.0. The number of carbonyl (C=O) groups is 2. The van der Waals surface area contributed by atoms with Crippen molar-refractivity contribution in [1.29, 1.82) is 0 Å². The summed E-state index contributed by atoms with van der Waals surface area (Å²) in [5, 5.41) is 14.5. The molecule has 0 bridgehead atoms. The lowest BCUT2D eigenvalue weighted by atomic mass is 9.98. The van der Waals surface area contributed by atoms with Crippen LogP contribution in [0.2, 0.25) is 0 Å². The van der Waals surface area contributed by atoms with Gasteiger partial charge >= 0.3 is 11.9 Å². The standard InChI is InChI=1S/C33H39N3O5S/c1-4-40-33(39)24(3)18-23(2)19-28-22-42-31(34-28)30(35-36-16-14-27(15-17-36)32(37)38)20-25-10-12-29(13-11-25)41-21-26-8-6-5-7-9-26/h5-13,18-19,22,27,30,35H,4,14-17,20-21H2,1-3H3,(H,37,38)/b23-19+,24-18-/t30-/m0/s1. The molecular formula is C33H39N3O5S. The molecule has 0 unspecified atom stereocenters. The molecule has 1 aromatic heterocycles. The molecule has 9 heteroatoms. The first kappa shape index (κ1) is 31.2. The van der Waals surface area contributed by atoms with E-state index in [0.29, 0.717) is 51.1 Å². The highest BCUT2D eigenvalue weighted by molar-refractivity contribution is 7.09. The van der Waals surface area contributed by atoms with Gasteiger partial charge in [0.05, 0.1) is 24.3 Å². The second-order valence-electron chi connectivity index (χ2n) is 10.5. The van der Waals surface area contributed by atoms with Crippen LogP contribution in [-0.2, 0) is 27.4 Å². The number of carbonyl (C=O) groups excluding carboxylic acids is 1. The van der Waals surface area contributed by atoms with Crippen molar-refractivity contribution in [3.05, 3.63) is 99.0 Å². The summed E-state index contributed by atoms with van der Waals surface area (Å²) in [7, 11) is 0. The molecule has 1 atom stereocenters. The van der Waals surface area contributed by atoms with Gasteiger partial charge in [0.1, 0.15) is 17.4 Å². The minimum atomic E-state index is -0.722. The predicted molar refractivity (Wildman–Crippen MR) is 165 cm³/mol. The van der Waals surface area contributed by atoms with Crippen LogP contribution < -0.4 is 10.2 Å². The monoisotopic (exact) mass is 589 g/mol. The Bertz CT molecular complexity index is 1380. The van der Waals surface area contributed by atoms with Gasteiger partial charge in [-0.2, -0.15) is 0 Å². The molecule has 3 aromatic rings. The molecule has 2 N–H and O–H groups in total. The van der Waals surface area contributed by atoms with Crippen molar-refractivity contribution in [3.63, 3.8) is 0 Å². The van der Waals surface area contributed by atoms with Gasteiger partial charge in [-0.3, -0.25) is 4.79 Å². The van der Waals surface area contributed by atoms with E-state index in [1.54, 1.807) is 31.3 Å². The zero-order chi connectivity index (χ0) is 29.9. The van der Waals surface area contributed by atoms with Crippen molar-refractivity contribution in [2.75, 3.05) is 19.7 Å². The van der Waals surface area contributed by atoms with E-state index in [9.17, 15) is 14.7 Å². The third-order valence-electron chi connectivity index (χ3n) is 7.05. The van der Waals surface area contributed by atoms with Gasteiger partial charge in [-0.25, -0.2) is 20.2 Å². The van der Waals surface area contributed by atoms with Crippen LogP contribution in [0.1, 0.15) is 61.5 Å². The molecule has 1 aliphatic heterocycles. The van der Waals surface area contributed by atoms with Crippen molar-refractivity contribution >= 4 is 29.4 Å². The number of ether oxygens (including phenoxy) is 2. The topological polar surface area (TPSA) is 101 Å². The summed E-state index contributed by atoms with van der Waals surface area (Å²) in [6, 6.07) is 18.1. The summed E-state index contributed by atoms with van der Waals surface area (Å²) in [6.45, 7) is 7.65. The minimum Gasteiger partial charge on any atom is -0.489 e. The number of nitrogens with one attached hydrogen (secondary N) is 1. The van der Waals surface area contributed by atoms with Crippen molar-refractivity contribution in [2.24, 2.45) is 5.92 Å². The van der Waals surface area contributed by atoms with Crippen LogP contribution in [0.25, 0.3) is 6.08 Å². The Labute approximate surface area is 251 Å². The lowest BCUT2D eigenvalue weighted by molar-refractivity contribution is -0.143. The number of rotatable bonds is 13. The zero-order valence-electron chi connectivity index (χ0n) is 24.4. The third-order valence-corrected chi connectivity index (χ3v) is 8.03. The van der Waals surface area contributed by atoms with Crippen LogP contribution in [0.5, 0.6) is 5.75 Å². The molecule has 42 heavy (non-hydrogen) atoms. The minimum absolute atomic E-state index is 0.0910. The number of benzene rings is 2. The molecular weight excluding hydrogens is 550 g/mol. The second-order valence-corrected chi connectivity index (χ2v) is 11.3. The maximum Gasteiger partial charge on any atom is 0.333 e. The van der Waals surface area contributed by atoms with Gasteiger partial charge in [0.25, 0.3) is 0 Å². The molecule has 1 aliphatic rings. The molecule has 8 nitrogen and oxygen atoms in total. The number of carboxylic acids is 1. The van der Waals surface area contributed by atoms with Crippen LogP contribution in [0.3, 0.4) is 0 Å². The average Bonchev–Trinajstić information content (AvgIpc) is 3.45. The van der Waals surface area contributed by atoms with Crippen molar-refractivity contribution in [1.82, 2.24) is 15.4 Å². The smallest absolute Gasteiger partial charge is 0.333 e. The quantitative estimate of drug-likeness (QED) is 0.138. The Balaban J connectivity index is 1.47. The number of carboxylic acid groups (broad SMARTS) is 1. The highest BCUT2D eigenvalue weighted by Crippen LogP contribution is 2.27. The van der Waals surface area contributed by atoms with Gasteiger partial charge in [0.15, 0.2) is 0 Å². The van der Waals surface area contributed by atoms with Crippen LogP contribution in [0, 0.1) is 5.92 Å². The van der Waals surface area contributed by atoms with Gasteiger partial charge in [0, 0.05) is 24.0 Å². The first-order valence-electron chi connectivity index (χ1n) is 14.3. The molecule has 0 saturated carbocycles. The number of hydrogen-bond acceptors (Lipinski definition) is 8. The Kier molecular flexibility index (Phi) is 11.5. The lowest BCUT2D eigenvalue weighted by Gasteiger charge is -2.33. The summed E-state index contributed by atoms with van der Waals surface area (Å²) < 4.78 is 11.0. The normalized spacial score (nSPS) is 15.8. The molecule has 0 radical (unpaired) electrons. The van der Waals surface area contributed by atoms with E-state index in [1.165, 1.54) is 0 Å². The van der Waals surface area contributed by atoms with E-state index < -0.39 is 5.97 Å². The number of esters is 1. The van der Waals surface area contributed by atoms with Crippen LogP contribution in [0.15, 0.2) is 77.2 Å². The Hall–Kier alpha value is -3.79. The number of thiazole rings is 1. The number of aliphatic carboxylic acids is 1. The largest absolute Gasteiger partial charge is 0.489 e. The summed E-state index contributed by atoms with van der Waals surface area (Å²) in [4.78, 5) is 28.3. The van der Waals surface area contributed by atoms with Crippen LogP contribution in [-0.4, -0.2) is 46.7 Å². The summed E-state index contributed by atoms with van der Waals surface area (Å²) in [6.07, 6.45) is 5.69. The SMILES string of the molecule is CCOC(=O)/C(C)=C\C(C)=C\c1csc([C@H](Cc2ccc(OCc3ccccc3)cc2)NN2CCC(C(=O)O)CC2)n1. The average molecular weight is 590 g/mol. The van der Waals surface area contributed by atoms with E-state index in [2.05, 4.69) is 22.6 Å². The summed E-state index contributed by atoms with van der Waals surface area (Å²) in [5.41, 5.74) is 8.16. The lowest BCUT2D eigenvalue weighted by Crippen LogP contribution is -2.46. The molecule has 1 fully saturated rings. The first-order chi connectivity index (χ1) is 20.3. The number of nitrogens with zero attached hydrogens (tertiary/aromatic N) is 2. The van der Waals surface area contributed by atoms with Gasteiger partial charge in [-0.15, -0.1) is 11.3 Å². The van der Waals surface area contributed by atoms with E-state index in [1.807, 2.05) is 60.8 Å². The summed E-state index contributed by atoms with van der Waals surface area (Å²) >= 11 is 1.58. The fraction of sp³-hybridized carbons (Fsp3) is 0.364. The van der Waals surface area contributed by atoms with Crippen molar-refractivity contribution < 1.29 is 24.2 Å². The number of hydrogen-bond donors (Lipinski definition) is 2. The van der Waals surface area contributed by atoms with Crippen molar-refractivity contribution in [2.45, 2.75) is 52.7 Å². The molecule has 1 saturated heterocycles. The van der Waals surface area contributed by atoms with E-state index in [4.69, 9.17) is 14.5 Å². The maximum absolute atomic E-state index is 12.0. The number of aromatic nitrogens is 1. The highest BCUT2D eigenvalue weighted by Gasteiger charge is 2.27. The van der Waals surface area contributed by atoms with E-state index in [0.717, 1.165) is 33.2 Å². The van der Waals surface area contributed by atoms with Gasteiger partial charge in [0.2, 0.25) is 0 Å². The highest BCUT2D eigenvalue weighted by atomic mass is 32.1. The Morgan fingerprint density at radius 3 is 2.48 bits per heavy atom. The molecule has 2 heterocycles. The summed E-state index contributed by atoms with van der Waals surface area (Å²) in [5.74, 6) is -0.529. The van der Waals surface area contributed by atoms with Crippen LogP contribution in [0.4, 0.5) is 0 Å². The number of hydrazine groups is 1. The molecule has 0 aliphatic carbocycles. The first-order valence-corrected chi connectivity index (χ1v) is 15.2. The zero-order valence-corrected chi connectivity index (χ0v) is 25.2. The number of piperidine rings is 1. The third kappa shape index (κ3) is 9.37. The predicted octanol–water partition coefficient (Wildman–Crippen LogP) is 6.22. The molecule has 0 spiro atoms. The van der Waals surface area contributed by atoms with Crippen LogP contribution >= 0.6 is 11.3 Å². The van der Waals surface area contributed by atoms with E-state index in [-0.39, 0.29) is 17.9 Å². The molecule has 0 amide bonds. The molecule has 2 aromatic carbocycles. The Morgan fingerprint density at radius 2 is 1.81 bits per heavy atom. The van der Waals surface area contributed by atoms with Gasteiger partial charge < -0.3 is 14.6 Å². The van der Waals surface area contributed by atoms with E-state index >= 15 is 0 Å². The molecule has 222 valence electrons. The van der Waals surface area contributed by atoms with Gasteiger partial charge in [-0.1, -0.05) is 42.5 Å². The fourth-order valence-corrected chi connectivity index (χ4v) is 5.63. The van der Waals surface area contributed by atoms with Gasteiger partial charge in [-0.05, 0) is 81.0 Å². The van der Waals surface area contributed by atoms with Crippen molar-refractivity contribution in [3.8, 4) is 5.75 Å². The molecule has 4 rings (SSSR count). The second kappa shape index (κ2) is 15.4. The Morgan fingerprint density at radius 1 is 1.10 bits per heavy atom.